The summed E-state index contributed by atoms with van der Waals surface area (Å²) in [6.07, 6.45) is 4.26. The van der Waals surface area contributed by atoms with Gasteiger partial charge in [-0.2, -0.15) is 0 Å². The molecule has 3 aromatic rings. The Kier molecular flexibility index (Phi) is 4.66. The average Bonchev–Trinajstić information content (AvgIpc) is 3.37. The fourth-order valence-corrected chi connectivity index (χ4v) is 3.49. The van der Waals surface area contributed by atoms with Crippen molar-refractivity contribution in [1.29, 1.82) is 0 Å². The summed E-state index contributed by atoms with van der Waals surface area (Å²) < 4.78 is 4.97. The standard InChI is InChI=1S/C20H22N4O3/c1-13(18-22-16-4-2-3-5-17(16)23-18)21-19(25)14-6-9-24(10-7-14)20(26)15-8-11-27-12-15/h2-5,8,11-14H,6-7,9-10H2,1H3,(H,21,25)(H,22,23). The Morgan fingerprint density at radius 2 is 2.04 bits per heavy atom. The molecule has 2 N–H and O–H groups in total. The number of H-pyrrole nitrogens is 1. The van der Waals surface area contributed by atoms with Gasteiger partial charge < -0.3 is 19.6 Å². The topological polar surface area (TPSA) is 91.2 Å². The molecule has 0 spiro atoms. The Hall–Kier alpha value is -3.09. The van der Waals surface area contributed by atoms with Crippen LogP contribution in [0.3, 0.4) is 0 Å². The van der Waals surface area contributed by atoms with Crippen LogP contribution in [0.2, 0.25) is 0 Å². The minimum absolute atomic E-state index is 0.0124. The molecule has 4 rings (SSSR count). The first-order valence-electron chi connectivity index (χ1n) is 9.18. The van der Waals surface area contributed by atoms with Gasteiger partial charge >= 0.3 is 0 Å². The number of hydrogen-bond acceptors (Lipinski definition) is 4. The lowest BCUT2D eigenvalue weighted by atomic mass is 9.95. The second kappa shape index (κ2) is 7.26. The van der Waals surface area contributed by atoms with E-state index in [9.17, 15) is 9.59 Å². The lowest BCUT2D eigenvalue weighted by Gasteiger charge is -2.31. The molecule has 1 atom stereocenters. The van der Waals surface area contributed by atoms with Gasteiger partial charge in [0.15, 0.2) is 0 Å². The van der Waals surface area contributed by atoms with Gasteiger partial charge in [0.25, 0.3) is 5.91 Å². The molecule has 0 radical (unpaired) electrons. The van der Waals surface area contributed by atoms with Gasteiger partial charge in [0.1, 0.15) is 12.1 Å². The SMILES string of the molecule is CC(NC(=O)C1CCN(C(=O)c2ccoc2)CC1)c1nc2ccccc2[nH]1. The second-order valence-electron chi connectivity index (χ2n) is 6.95. The summed E-state index contributed by atoms with van der Waals surface area (Å²) in [5.74, 6) is 0.624. The van der Waals surface area contributed by atoms with Crippen LogP contribution in [0.1, 0.15) is 42.0 Å². The number of aromatic amines is 1. The van der Waals surface area contributed by atoms with Gasteiger partial charge in [-0.15, -0.1) is 0 Å². The molecule has 1 aromatic carbocycles. The van der Waals surface area contributed by atoms with E-state index >= 15 is 0 Å². The van der Waals surface area contributed by atoms with E-state index in [2.05, 4.69) is 15.3 Å². The molecule has 7 nitrogen and oxygen atoms in total. The number of nitrogens with one attached hydrogen (secondary N) is 2. The maximum Gasteiger partial charge on any atom is 0.257 e. The van der Waals surface area contributed by atoms with Gasteiger partial charge in [-0.25, -0.2) is 4.98 Å². The van der Waals surface area contributed by atoms with E-state index in [0.29, 0.717) is 31.5 Å². The monoisotopic (exact) mass is 366 g/mol. The number of nitrogens with zero attached hydrogens (tertiary/aromatic N) is 2. The number of furan rings is 1. The van der Waals surface area contributed by atoms with Crippen LogP contribution in [0.25, 0.3) is 11.0 Å². The van der Waals surface area contributed by atoms with E-state index in [0.717, 1.165) is 16.9 Å². The number of hydrogen-bond donors (Lipinski definition) is 2. The number of carbonyl (C=O) groups excluding carboxylic acids is 2. The van der Waals surface area contributed by atoms with E-state index in [4.69, 9.17) is 4.42 Å². The third-order valence-corrected chi connectivity index (χ3v) is 5.10. The molecule has 27 heavy (non-hydrogen) atoms. The van der Waals surface area contributed by atoms with Crippen molar-refractivity contribution < 1.29 is 14.0 Å². The molecule has 1 aliphatic rings. The van der Waals surface area contributed by atoms with Crippen molar-refractivity contribution in [2.75, 3.05) is 13.1 Å². The maximum atomic E-state index is 12.6. The molecule has 1 unspecified atom stereocenters. The summed E-state index contributed by atoms with van der Waals surface area (Å²) in [5.41, 5.74) is 2.40. The summed E-state index contributed by atoms with van der Waals surface area (Å²) in [6, 6.07) is 9.26. The van der Waals surface area contributed by atoms with Crippen LogP contribution in [0.15, 0.2) is 47.3 Å². The Morgan fingerprint density at radius 3 is 2.74 bits per heavy atom. The van der Waals surface area contributed by atoms with Gasteiger partial charge in [-0.1, -0.05) is 12.1 Å². The lowest BCUT2D eigenvalue weighted by Crippen LogP contribution is -2.43. The van der Waals surface area contributed by atoms with Crippen LogP contribution in [0.4, 0.5) is 0 Å². The van der Waals surface area contributed by atoms with Gasteiger partial charge in [0, 0.05) is 19.0 Å². The van der Waals surface area contributed by atoms with E-state index in [1.54, 1.807) is 11.0 Å². The van der Waals surface area contributed by atoms with Crippen molar-refractivity contribution in [3.8, 4) is 0 Å². The molecule has 3 heterocycles. The number of fused-ring (bicyclic) bond motifs is 1. The van der Waals surface area contributed by atoms with Crippen molar-refractivity contribution in [1.82, 2.24) is 20.2 Å². The maximum absolute atomic E-state index is 12.6. The average molecular weight is 366 g/mol. The summed E-state index contributed by atoms with van der Waals surface area (Å²) in [5, 5.41) is 3.05. The quantitative estimate of drug-likeness (QED) is 0.743. The van der Waals surface area contributed by atoms with Crippen molar-refractivity contribution in [3.63, 3.8) is 0 Å². The van der Waals surface area contributed by atoms with Crippen LogP contribution >= 0.6 is 0 Å². The zero-order valence-corrected chi connectivity index (χ0v) is 15.1. The molecule has 0 aliphatic carbocycles. The van der Waals surface area contributed by atoms with Crippen molar-refractivity contribution >= 4 is 22.8 Å². The van der Waals surface area contributed by atoms with E-state index in [-0.39, 0.29) is 23.8 Å². The lowest BCUT2D eigenvalue weighted by molar-refractivity contribution is -0.127. The van der Waals surface area contributed by atoms with Crippen LogP contribution in [0.5, 0.6) is 0 Å². The number of amides is 2. The minimum Gasteiger partial charge on any atom is -0.472 e. The molecule has 1 saturated heterocycles. The van der Waals surface area contributed by atoms with Gasteiger partial charge in [-0.05, 0) is 38.0 Å². The number of rotatable bonds is 4. The number of likely N-dealkylation sites (tertiary alicyclic amines) is 1. The van der Waals surface area contributed by atoms with E-state index in [1.807, 2.05) is 31.2 Å². The molecule has 1 fully saturated rings. The van der Waals surface area contributed by atoms with Gasteiger partial charge in [0.05, 0.1) is 28.9 Å². The molecule has 140 valence electrons. The number of para-hydroxylation sites is 2. The molecule has 2 aromatic heterocycles. The number of carbonyl (C=O) groups is 2. The predicted molar refractivity (Wildman–Crippen MR) is 100.0 cm³/mol. The van der Waals surface area contributed by atoms with E-state index in [1.165, 1.54) is 12.5 Å². The van der Waals surface area contributed by atoms with Crippen molar-refractivity contribution in [3.05, 3.63) is 54.2 Å². The highest BCUT2D eigenvalue weighted by atomic mass is 16.3. The first-order chi connectivity index (χ1) is 13.1. The zero-order valence-electron chi connectivity index (χ0n) is 15.1. The third-order valence-electron chi connectivity index (χ3n) is 5.10. The molecule has 1 aliphatic heterocycles. The number of piperidine rings is 1. The molecule has 2 amide bonds. The largest absolute Gasteiger partial charge is 0.472 e. The summed E-state index contributed by atoms with van der Waals surface area (Å²) in [7, 11) is 0. The van der Waals surface area contributed by atoms with Crippen molar-refractivity contribution in [2.45, 2.75) is 25.8 Å². The molecular weight excluding hydrogens is 344 g/mol. The molecular formula is C20H22N4O3. The van der Waals surface area contributed by atoms with Gasteiger partial charge in [0.2, 0.25) is 5.91 Å². The highest BCUT2D eigenvalue weighted by molar-refractivity contribution is 5.94. The molecule has 0 saturated carbocycles. The van der Waals surface area contributed by atoms with Crippen LogP contribution in [0, 0.1) is 5.92 Å². The summed E-state index contributed by atoms with van der Waals surface area (Å²) in [6.45, 7) is 3.06. The Balaban J connectivity index is 1.33. The summed E-state index contributed by atoms with van der Waals surface area (Å²) >= 11 is 0. The third kappa shape index (κ3) is 3.58. The smallest absolute Gasteiger partial charge is 0.257 e. The molecule has 7 heteroatoms. The summed E-state index contributed by atoms with van der Waals surface area (Å²) in [4.78, 5) is 34.5. The zero-order chi connectivity index (χ0) is 18.8. The van der Waals surface area contributed by atoms with Crippen LogP contribution in [-0.4, -0.2) is 39.8 Å². The first-order valence-corrected chi connectivity index (χ1v) is 9.18. The van der Waals surface area contributed by atoms with Crippen LogP contribution < -0.4 is 5.32 Å². The highest BCUT2D eigenvalue weighted by Gasteiger charge is 2.29. The highest BCUT2D eigenvalue weighted by Crippen LogP contribution is 2.21. The minimum atomic E-state index is -0.199. The second-order valence-corrected chi connectivity index (χ2v) is 6.95. The predicted octanol–water partition coefficient (Wildman–Crippen LogP) is 2.89. The first kappa shape index (κ1) is 17.3. The number of aromatic nitrogens is 2. The number of benzene rings is 1. The fraction of sp³-hybridized carbons (Fsp3) is 0.350. The normalized spacial score (nSPS) is 16.4. The van der Waals surface area contributed by atoms with Crippen molar-refractivity contribution in [2.24, 2.45) is 5.92 Å². The van der Waals surface area contributed by atoms with Gasteiger partial charge in [-0.3, -0.25) is 9.59 Å². The Morgan fingerprint density at radius 1 is 1.26 bits per heavy atom. The Bertz CT molecular complexity index is 906. The Labute approximate surface area is 156 Å². The van der Waals surface area contributed by atoms with E-state index < -0.39 is 0 Å². The molecule has 0 bridgehead atoms. The number of imidazole rings is 1. The fourth-order valence-electron chi connectivity index (χ4n) is 3.49. The van der Waals surface area contributed by atoms with Crippen LogP contribution in [-0.2, 0) is 4.79 Å².